The van der Waals surface area contributed by atoms with Crippen LogP contribution in [-0.4, -0.2) is 29.1 Å². The lowest BCUT2D eigenvalue weighted by atomic mass is 9.94. The van der Waals surface area contributed by atoms with Crippen molar-refractivity contribution in [1.29, 1.82) is 0 Å². The molecule has 2 heterocycles. The molecule has 1 saturated carbocycles. The smallest absolute Gasteiger partial charge is 0.147 e. The predicted molar refractivity (Wildman–Crippen MR) is 77.1 cm³/mol. The summed E-state index contributed by atoms with van der Waals surface area (Å²) in [6, 6.07) is 0.728. The SMILES string of the molecule is CCC1CCN(c2cncc(CNC3CC3)n2)CC1. The highest BCUT2D eigenvalue weighted by Crippen LogP contribution is 2.23. The lowest BCUT2D eigenvalue weighted by molar-refractivity contribution is 0.393. The second-order valence-electron chi connectivity index (χ2n) is 5.86. The summed E-state index contributed by atoms with van der Waals surface area (Å²) in [4.78, 5) is 11.5. The zero-order valence-corrected chi connectivity index (χ0v) is 11.8. The van der Waals surface area contributed by atoms with Crippen LogP contribution in [0.25, 0.3) is 0 Å². The minimum atomic E-state index is 0.728. The fourth-order valence-corrected chi connectivity index (χ4v) is 2.74. The van der Waals surface area contributed by atoms with Crippen LogP contribution < -0.4 is 10.2 Å². The summed E-state index contributed by atoms with van der Waals surface area (Å²) in [5, 5.41) is 3.50. The first-order chi connectivity index (χ1) is 9.35. The fourth-order valence-electron chi connectivity index (χ4n) is 2.74. The average molecular weight is 260 g/mol. The molecule has 2 fully saturated rings. The summed E-state index contributed by atoms with van der Waals surface area (Å²) in [7, 11) is 0. The van der Waals surface area contributed by atoms with Crippen LogP contribution in [0, 0.1) is 5.92 Å². The van der Waals surface area contributed by atoms with Gasteiger partial charge in [-0.25, -0.2) is 4.98 Å². The van der Waals surface area contributed by atoms with Crippen LogP contribution in [-0.2, 0) is 6.54 Å². The molecule has 3 rings (SSSR count). The number of aromatic nitrogens is 2. The standard InChI is InChI=1S/C15H24N4/c1-2-12-5-7-19(8-6-12)15-11-16-9-14(18-15)10-17-13-3-4-13/h9,11-13,17H,2-8,10H2,1H3. The predicted octanol–water partition coefficient (Wildman–Crippen LogP) is 2.36. The van der Waals surface area contributed by atoms with Gasteiger partial charge in [0.2, 0.25) is 0 Å². The first-order valence-corrected chi connectivity index (χ1v) is 7.64. The topological polar surface area (TPSA) is 41.1 Å². The highest BCUT2D eigenvalue weighted by molar-refractivity contribution is 5.36. The number of nitrogens with one attached hydrogen (secondary N) is 1. The molecule has 1 aromatic heterocycles. The number of anilines is 1. The van der Waals surface area contributed by atoms with Gasteiger partial charge < -0.3 is 10.2 Å². The Morgan fingerprint density at radius 2 is 2.00 bits per heavy atom. The molecule has 1 saturated heterocycles. The Hall–Kier alpha value is -1.16. The lowest BCUT2D eigenvalue weighted by Crippen LogP contribution is -2.34. The van der Waals surface area contributed by atoms with E-state index >= 15 is 0 Å². The molecule has 19 heavy (non-hydrogen) atoms. The zero-order valence-electron chi connectivity index (χ0n) is 11.8. The van der Waals surface area contributed by atoms with Crippen molar-refractivity contribution in [2.24, 2.45) is 5.92 Å². The number of nitrogens with zero attached hydrogens (tertiary/aromatic N) is 3. The molecule has 2 aliphatic rings. The van der Waals surface area contributed by atoms with Gasteiger partial charge in [0.1, 0.15) is 5.82 Å². The highest BCUT2D eigenvalue weighted by atomic mass is 15.2. The minimum Gasteiger partial charge on any atom is -0.355 e. The maximum Gasteiger partial charge on any atom is 0.147 e. The van der Waals surface area contributed by atoms with E-state index in [4.69, 9.17) is 4.98 Å². The summed E-state index contributed by atoms with van der Waals surface area (Å²) in [5.41, 5.74) is 1.07. The van der Waals surface area contributed by atoms with Gasteiger partial charge in [-0.15, -0.1) is 0 Å². The van der Waals surface area contributed by atoms with Gasteiger partial charge in [0.15, 0.2) is 0 Å². The van der Waals surface area contributed by atoms with Gasteiger partial charge in [0, 0.05) is 31.9 Å². The third-order valence-electron chi connectivity index (χ3n) is 4.34. The van der Waals surface area contributed by atoms with Gasteiger partial charge in [-0.1, -0.05) is 13.3 Å². The van der Waals surface area contributed by atoms with Gasteiger partial charge in [-0.05, 0) is 31.6 Å². The van der Waals surface area contributed by atoms with Crippen molar-refractivity contribution in [3.05, 3.63) is 18.1 Å². The number of hydrogen-bond acceptors (Lipinski definition) is 4. The lowest BCUT2D eigenvalue weighted by Gasteiger charge is -2.32. The average Bonchev–Trinajstić information content (AvgIpc) is 3.30. The molecule has 104 valence electrons. The van der Waals surface area contributed by atoms with E-state index in [0.29, 0.717) is 0 Å². The van der Waals surface area contributed by atoms with Crippen LogP contribution in [0.15, 0.2) is 12.4 Å². The summed E-state index contributed by atoms with van der Waals surface area (Å²) < 4.78 is 0. The van der Waals surface area contributed by atoms with Crippen LogP contribution in [0.1, 0.15) is 44.7 Å². The van der Waals surface area contributed by atoms with E-state index in [9.17, 15) is 0 Å². The Balaban J connectivity index is 1.58. The van der Waals surface area contributed by atoms with Crippen molar-refractivity contribution < 1.29 is 0 Å². The zero-order chi connectivity index (χ0) is 13.1. The van der Waals surface area contributed by atoms with Crippen LogP contribution in [0.2, 0.25) is 0 Å². The second kappa shape index (κ2) is 5.87. The van der Waals surface area contributed by atoms with Gasteiger partial charge in [0.05, 0.1) is 11.9 Å². The Morgan fingerprint density at radius 1 is 1.21 bits per heavy atom. The minimum absolute atomic E-state index is 0.728. The van der Waals surface area contributed by atoms with E-state index in [0.717, 1.165) is 43.1 Å². The number of piperidine rings is 1. The summed E-state index contributed by atoms with van der Waals surface area (Å²) in [6.45, 7) is 5.42. The van der Waals surface area contributed by atoms with Crippen LogP contribution >= 0.6 is 0 Å². The van der Waals surface area contributed by atoms with Gasteiger partial charge >= 0.3 is 0 Å². The second-order valence-corrected chi connectivity index (χ2v) is 5.86. The Bertz CT molecular complexity index is 408. The number of hydrogen-bond donors (Lipinski definition) is 1. The third kappa shape index (κ3) is 3.44. The van der Waals surface area contributed by atoms with Crippen LogP contribution in [0.4, 0.5) is 5.82 Å². The summed E-state index contributed by atoms with van der Waals surface area (Å²) >= 11 is 0. The van der Waals surface area contributed by atoms with Gasteiger partial charge in [0.25, 0.3) is 0 Å². The molecule has 4 heteroatoms. The largest absolute Gasteiger partial charge is 0.355 e. The Morgan fingerprint density at radius 3 is 2.68 bits per heavy atom. The molecule has 0 radical (unpaired) electrons. The van der Waals surface area contributed by atoms with Gasteiger partial charge in [-0.2, -0.15) is 0 Å². The molecule has 0 atom stereocenters. The van der Waals surface area contributed by atoms with E-state index < -0.39 is 0 Å². The van der Waals surface area contributed by atoms with Crippen molar-refractivity contribution in [2.45, 2.75) is 51.6 Å². The molecule has 0 aromatic carbocycles. The van der Waals surface area contributed by atoms with E-state index in [1.165, 1.54) is 32.1 Å². The maximum absolute atomic E-state index is 4.75. The van der Waals surface area contributed by atoms with Crippen LogP contribution in [0.3, 0.4) is 0 Å². The first kappa shape index (κ1) is 12.9. The molecule has 4 nitrogen and oxygen atoms in total. The van der Waals surface area contributed by atoms with Crippen molar-refractivity contribution in [2.75, 3.05) is 18.0 Å². The molecular formula is C15H24N4. The molecule has 1 N–H and O–H groups in total. The molecule has 1 aliphatic heterocycles. The fraction of sp³-hybridized carbons (Fsp3) is 0.733. The molecule has 0 unspecified atom stereocenters. The molecule has 0 amide bonds. The first-order valence-electron chi connectivity index (χ1n) is 7.64. The summed E-state index contributed by atoms with van der Waals surface area (Å²) in [6.07, 6.45) is 10.3. The van der Waals surface area contributed by atoms with Crippen molar-refractivity contribution in [3.63, 3.8) is 0 Å². The van der Waals surface area contributed by atoms with Crippen molar-refractivity contribution in [1.82, 2.24) is 15.3 Å². The Labute approximate surface area is 115 Å². The molecule has 1 aliphatic carbocycles. The number of rotatable bonds is 5. The van der Waals surface area contributed by atoms with Crippen LogP contribution in [0.5, 0.6) is 0 Å². The molecular weight excluding hydrogens is 236 g/mol. The van der Waals surface area contributed by atoms with E-state index in [2.05, 4.69) is 22.1 Å². The molecule has 0 spiro atoms. The Kier molecular flexibility index (Phi) is 3.97. The van der Waals surface area contributed by atoms with E-state index in [-0.39, 0.29) is 0 Å². The third-order valence-corrected chi connectivity index (χ3v) is 4.34. The highest BCUT2D eigenvalue weighted by Gasteiger charge is 2.21. The van der Waals surface area contributed by atoms with Gasteiger partial charge in [-0.3, -0.25) is 4.98 Å². The van der Waals surface area contributed by atoms with E-state index in [1.54, 1.807) is 0 Å². The van der Waals surface area contributed by atoms with Crippen molar-refractivity contribution in [3.8, 4) is 0 Å². The quantitative estimate of drug-likeness (QED) is 0.882. The molecule has 1 aromatic rings. The molecule has 0 bridgehead atoms. The van der Waals surface area contributed by atoms with Crippen molar-refractivity contribution >= 4 is 5.82 Å². The normalized spacial score (nSPS) is 20.8. The van der Waals surface area contributed by atoms with E-state index in [1.807, 2.05) is 12.4 Å². The monoisotopic (exact) mass is 260 g/mol. The summed E-state index contributed by atoms with van der Waals surface area (Å²) in [5.74, 6) is 1.97. The maximum atomic E-state index is 4.75.